The van der Waals surface area contributed by atoms with Gasteiger partial charge in [-0.15, -0.1) is 0 Å². The molecule has 2 heterocycles. The summed E-state index contributed by atoms with van der Waals surface area (Å²) in [5, 5.41) is 17.0. The molecule has 0 radical (unpaired) electrons. The summed E-state index contributed by atoms with van der Waals surface area (Å²) in [4.78, 5) is 10.3. The van der Waals surface area contributed by atoms with E-state index in [9.17, 15) is 4.79 Å². The predicted octanol–water partition coefficient (Wildman–Crippen LogP) is 9.65. The van der Waals surface area contributed by atoms with E-state index in [2.05, 4.69) is 37.7 Å². The highest BCUT2D eigenvalue weighted by Gasteiger charge is 2.13. The van der Waals surface area contributed by atoms with Gasteiger partial charge in [-0.05, 0) is 45.4 Å². The van der Waals surface area contributed by atoms with Crippen molar-refractivity contribution in [2.24, 2.45) is 0 Å². The van der Waals surface area contributed by atoms with Crippen molar-refractivity contribution in [2.45, 2.75) is 168 Å². The maximum atomic E-state index is 10.3. The first-order valence-corrected chi connectivity index (χ1v) is 16.2. The molecule has 38 heavy (non-hydrogen) atoms. The number of allylic oxidation sites excluding steroid dienone is 2. The van der Waals surface area contributed by atoms with Gasteiger partial charge in [-0.3, -0.25) is 4.79 Å². The fourth-order valence-electron chi connectivity index (χ4n) is 3.69. The number of carboxylic acids is 1. The first-order valence-electron chi connectivity index (χ1n) is 16.2. The molecule has 0 aromatic carbocycles. The maximum absolute atomic E-state index is 10.3. The van der Waals surface area contributed by atoms with Gasteiger partial charge in [0.1, 0.15) is 0 Å². The van der Waals surface area contributed by atoms with Gasteiger partial charge >= 0.3 is 5.97 Å². The summed E-state index contributed by atoms with van der Waals surface area (Å²) in [6, 6.07) is 0. The Morgan fingerprint density at radius 1 is 0.684 bits per heavy atom. The topological polar surface area (TPSA) is 82.6 Å². The lowest BCUT2D eigenvalue weighted by Crippen LogP contribution is -1.93. The molecule has 5 nitrogen and oxygen atoms in total. The van der Waals surface area contributed by atoms with Crippen molar-refractivity contribution >= 4 is 5.97 Å². The van der Waals surface area contributed by atoms with Crippen LogP contribution >= 0.6 is 0 Å². The molecule has 0 aromatic heterocycles. The largest absolute Gasteiger partial charge is 0.481 e. The number of rotatable bonds is 23. The molecule has 2 saturated heterocycles. The van der Waals surface area contributed by atoms with E-state index in [1.807, 2.05) is 0 Å². The number of hydrogen-bond acceptors (Lipinski definition) is 4. The Morgan fingerprint density at radius 2 is 1.03 bits per heavy atom. The minimum atomic E-state index is -0.664. The third-order valence-corrected chi connectivity index (χ3v) is 6.37. The van der Waals surface area contributed by atoms with Gasteiger partial charge in [0.2, 0.25) is 0 Å². The number of aliphatic hydroxyl groups excluding tert-OH is 1. The monoisotopic (exact) mass is 542 g/mol. The highest BCUT2D eigenvalue weighted by molar-refractivity contribution is 5.66. The van der Waals surface area contributed by atoms with Crippen molar-refractivity contribution in [3.05, 3.63) is 12.2 Å². The number of aliphatic hydroxyl groups is 1. The highest BCUT2D eigenvalue weighted by Crippen LogP contribution is 2.10. The SMILES string of the molecule is C1CO1.CC1CO1.CCCCCCCC/C=C\CCCCCCCC(=O)O.CCCCCCCCCCO. The fraction of sp³-hybridized carbons (Fsp3) is 0.909. The number of aliphatic carboxylic acids is 1. The van der Waals surface area contributed by atoms with Crippen molar-refractivity contribution in [3.8, 4) is 0 Å². The molecule has 1 atom stereocenters. The van der Waals surface area contributed by atoms with Gasteiger partial charge in [0.25, 0.3) is 0 Å². The van der Waals surface area contributed by atoms with Crippen LogP contribution in [-0.2, 0) is 14.3 Å². The Morgan fingerprint density at radius 3 is 1.34 bits per heavy atom. The van der Waals surface area contributed by atoms with Crippen LogP contribution in [0.15, 0.2) is 12.2 Å². The van der Waals surface area contributed by atoms with Crippen molar-refractivity contribution in [2.75, 3.05) is 26.4 Å². The van der Waals surface area contributed by atoms with Crippen molar-refractivity contribution in [3.63, 3.8) is 0 Å². The summed E-state index contributed by atoms with van der Waals surface area (Å²) < 4.78 is 9.21. The number of carbonyl (C=O) groups is 1. The molecule has 5 heteroatoms. The molecule has 0 amide bonds. The fourth-order valence-corrected chi connectivity index (χ4v) is 3.69. The second-order valence-electron chi connectivity index (χ2n) is 10.7. The number of ether oxygens (including phenoxy) is 2. The van der Waals surface area contributed by atoms with Crippen LogP contribution in [0.3, 0.4) is 0 Å². The zero-order valence-corrected chi connectivity index (χ0v) is 25.7. The predicted molar refractivity (Wildman–Crippen MR) is 163 cm³/mol. The first kappa shape index (κ1) is 39.2. The lowest BCUT2D eigenvalue weighted by Gasteiger charge is -1.99. The number of epoxide rings is 2. The molecule has 228 valence electrons. The summed E-state index contributed by atoms with van der Waals surface area (Å²) in [5.41, 5.74) is 0. The van der Waals surface area contributed by atoms with E-state index in [1.165, 1.54) is 116 Å². The quantitative estimate of drug-likeness (QED) is 0.0763. The van der Waals surface area contributed by atoms with E-state index in [1.54, 1.807) is 0 Å². The Balaban J connectivity index is 0. The van der Waals surface area contributed by atoms with E-state index >= 15 is 0 Å². The maximum Gasteiger partial charge on any atom is 0.303 e. The van der Waals surface area contributed by atoms with Crippen molar-refractivity contribution < 1.29 is 24.5 Å². The molecule has 0 saturated carbocycles. The van der Waals surface area contributed by atoms with Gasteiger partial charge in [0.05, 0.1) is 25.9 Å². The van der Waals surface area contributed by atoms with Crippen LogP contribution in [-0.4, -0.2) is 48.7 Å². The lowest BCUT2D eigenvalue weighted by molar-refractivity contribution is -0.137. The standard InChI is InChI=1S/C18H34O2.C10H22O.C3H6O.C2H4O/c1-2-3-4-5-6-7-8-9-10-11-12-13-14-15-16-17-18(19)20;1-2-3-4-5-6-7-8-9-10-11;1-3-2-4-3;1-2-3-1/h9-10H,2-8,11-17H2,1H3,(H,19,20);11H,2-10H2,1H3;3H,2H2,1H3;1-2H2/b10-9-;;;. The van der Waals surface area contributed by atoms with Gasteiger partial charge in [-0.2, -0.15) is 0 Å². The molecule has 2 aliphatic rings. The Kier molecular flexibility index (Phi) is 37.3. The van der Waals surface area contributed by atoms with Crippen molar-refractivity contribution in [1.29, 1.82) is 0 Å². The second-order valence-corrected chi connectivity index (χ2v) is 10.7. The van der Waals surface area contributed by atoms with Crippen LogP contribution < -0.4 is 0 Å². The minimum Gasteiger partial charge on any atom is -0.481 e. The molecule has 2 aliphatic heterocycles. The summed E-state index contributed by atoms with van der Waals surface area (Å²) in [6.45, 7) is 9.91. The molecule has 0 aliphatic carbocycles. The highest BCUT2D eigenvalue weighted by atomic mass is 16.6. The Labute approximate surface area is 237 Å². The Hall–Kier alpha value is -0.910. The summed E-state index contributed by atoms with van der Waals surface area (Å²) >= 11 is 0. The molecule has 2 N–H and O–H groups in total. The summed E-state index contributed by atoms with van der Waals surface area (Å²) in [5.74, 6) is -0.664. The summed E-state index contributed by atoms with van der Waals surface area (Å²) in [6.07, 6.45) is 32.2. The van der Waals surface area contributed by atoms with Gasteiger partial charge in [0.15, 0.2) is 0 Å². The van der Waals surface area contributed by atoms with Gasteiger partial charge < -0.3 is 19.7 Å². The van der Waals surface area contributed by atoms with Crippen molar-refractivity contribution in [1.82, 2.24) is 0 Å². The van der Waals surface area contributed by atoms with Crippen LogP contribution in [0.5, 0.6) is 0 Å². The first-order chi connectivity index (χ1) is 18.6. The number of carboxylic acid groups (broad SMARTS) is 1. The average Bonchev–Trinajstić information content (AvgIpc) is 3.83. The van der Waals surface area contributed by atoms with E-state index < -0.39 is 5.97 Å². The second kappa shape index (κ2) is 36.1. The van der Waals surface area contributed by atoms with Gasteiger partial charge in [-0.1, -0.05) is 122 Å². The molecule has 2 rings (SSSR count). The van der Waals surface area contributed by atoms with Crippen LogP contribution in [0.4, 0.5) is 0 Å². The number of unbranched alkanes of at least 4 members (excludes halogenated alkanes) is 18. The smallest absolute Gasteiger partial charge is 0.303 e. The van der Waals surface area contributed by atoms with E-state index in [0.717, 1.165) is 39.1 Å². The van der Waals surface area contributed by atoms with E-state index in [4.69, 9.17) is 14.9 Å². The molecule has 1 unspecified atom stereocenters. The third-order valence-electron chi connectivity index (χ3n) is 6.37. The molecule has 2 fully saturated rings. The Bertz CT molecular complexity index is 450. The molecular weight excluding hydrogens is 476 g/mol. The van der Waals surface area contributed by atoms with Crippen LogP contribution in [0.1, 0.15) is 162 Å². The zero-order chi connectivity index (χ0) is 28.4. The van der Waals surface area contributed by atoms with Gasteiger partial charge in [0, 0.05) is 13.0 Å². The molecule has 0 bridgehead atoms. The van der Waals surface area contributed by atoms with Gasteiger partial charge in [-0.25, -0.2) is 0 Å². The normalized spacial score (nSPS) is 15.0. The summed E-state index contributed by atoms with van der Waals surface area (Å²) in [7, 11) is 0. The van der Waals surface area contributed by atoms with E-state index in [-0.39, 0.29) is 0 Å². The average molecular weight is 543 g/mol. The van der Waals surface area contributed by atoms with E-state index in [0.29, 0.717) is 19.1 Å². The van der Waals surface area contributed by atoms with Crippen LogP contribution in [0.25, 0.3) is 0 Å². The number of hydrogen-bond donors (Lipinski definition) is 2. The minimum absolute atomic E-state index is 0.332. The van der Waals surface area contributed by atoms with Crippen LogP contribution in [0.2, 0.25) is 0 Å². The zero-order valence-electron chi connectivity index (χ0n) is 25.7. The lowest BCUT2D eigenvalue weighted by atomic mass is 10.1. The van der Waals surface area contributed by atoms with Crippen LogP contribution in [0, 0.1) is 0 Å². The molecule has 0 aromatic rings. The third kappa shape index (κ3) is 51.7. The molecular formula is C33H66O5. The molecule has 0 spiro atoms.